The third kappa shape index (κ3) is 22.1. The third-order valence-electron chi connectivity index (χ3n) is 5.88. The smallest absolute Gasteiger partial charge is 0.308 e. The molecule has 0 fully saturated rings. The molecule has 216 valence electrons. The van der Waals surface area contributed by atoms with Gasteiger partial charge in [-0.15, -0.1) is 0 Å². The summed E-state index contributed by atoms with van der Waals surface area (Å²) in [6, 6.07) is 0. The van der Waals surface area contributed by atoms with Gasteiger partial charge in [-0.3, -0.25) is 4.79 Å². The van der Waals surface area contributed by atoms with E-state index >= 15 is 0 Å². The van der Waals surface area contributed by atoms with Crippen LogP contribution in [-0.2, 0) is 14.3 Å². The number of hydrogen-bond donors (Lipinski definition) is 7. The van der Waals surface area contributed by atoms with Gasteiger partial charge in [0.15, 0.2) is 0 Å². The number of aldehydes is 1. The number of aliphatic hydroxyl groups is 7. The average Bonchev–Trinajstić information content (AvgIpc) is 2.89. The molecule has 7 N–H and O–H groups in total. The summed E-state index contributed by atoms with van der Waals surface area (Å²) in [5, 5.41) is 64.1. The molecule has 0 bridgehead atoms. The molecule has 5 atom stereocenters. The molecule has 0 aromatic heterocycles. The van der Waals surface area contributed by atoms with E-state index in [9.17, 15) is 30.3 Å². The van der Waals surface area contributed by atoms with Crippen LogP contribution in [0.1, 0.15) is 110 Å². The first-order chi connectivity index (χ1) is 17.3. The number of esters is 1. The Morgan fingerprint density at radius 3 is 1.42 bits per heavy atom. The van der Waals surface area contributed by atoms with Crippen LogP contribution in [-0.4, -0.2) is 91.9 Å². The van der Waals surface area contributed by atoms with Crippen LogP contribution in [0.25, 0.3) is 0 Å². The molecule has 0 aromatic carbocycles. The molecule has 0 aromatic rings. The SMILES string of the molecule is CCCCCCCCCCCCCCCCCC(=O)OC(O)[C@H](O)[C@@H](O)[C@H](O)[C@H](O)CO.O=CCO. The zero-order valence-corrected chi connectivity index (χ0v) is 22.0. The maximum Gasteiger partial charge on any atom is 0.308 e. The van der Waals surface area contributed by atoms with Crippen LogP contribution in [0.15, 0.2) is 0 Å². The van der Waals surface area contributed by atoms with Gasteiger partial charge in [0.2, 0.25) is 6.29 Å². The molecule has 36 heavy (non-hydrogen) atoms. The van der Waals surface area contributed by atoms with E-state index in [1.54, 1.807) is 0 Å². The summed E-state index contributed by atoms with van der Waals surface area (Å²) < 4.78 is 4.67. The van der Waals surface area contributed by atoms with Crippen molar-refractivity contribution in [2.45, 2.75) is 140 Å². The van der Waals surface area contributed by atoms with E-state index in [1.807, 2.05) is 0 Å². The Kier molecular flexibility index (Phi) is 27.7. The van der Waals surface area contributed by atoms with E-state index in [2.05, 4.69) is 11.7 Å². The summed E-state index contributed by atoms with van der Waals surface area (Å²) in [4.78, 5) is 20.7. The predicted molar refractivity (Wildman–Crippen MR) is 136 cm³/mol. The fourth-order valence-corrected chi connectivity index (χ4v) is 3.61. The largest absolute Gasteiger partial charge is 0.433 e. The lowest BCUT2D eigenvalue weighted by Gasteiger charge is -2.28. The van der Waals surface area contributed by atoms with Crippen molar-refractivity contribution in [2.24, 2.45) is 0 Å². The summed E-state index contributed by atoms with van der Waals surface area (Å²) >= 11 is 0. The number of hydrogen-bond acceptors (Lipinski definition) is 10. The van der Waals surface area contributed by atoms with Crippen LogP contribution in [0.4, 0.5) is 0 Å². The van der Waals surface area contributed by atoms with E-state index in [0.717, 1.165) is 19.3 Å². The van der Waals surface area contributed by atoms with E-state index < -0.39 is 43.3 Å². The Labute approximate surface area is 216 Å². The number of ether oxygens (including phenoxy) is 1. The van der Waals surface area contributed by atoms with Crippen LogP contribution >= 0.6 is 0 Å². The van der Waals surface area contributed by atoms with E-state index in [0.29, 0.717) is 12.7 Å². The lowest BCUT2D eigenvalue weighted by Crippen LogP contribution is -2.50. The van der Waals surface area contributed by atoms with E-state index in [-0.39, 0.29) is 13.0 Å². The first-order valence-electron chi connectivity index (χ1n) is 13.5. The fourth-order valence-electron chi connectivity index (χ4n) is 3.61. The summed E-state index contributed by atoms with van der Waals surface area (Å²) in [7, 11) is 0. The highest BCUT2D eigenvalue weighted by Crippen LogP contribution is 2.15. The molecule has 0 saturated carbocycles. The average molecular weight is 525 g/mol. The minimum atomic E-state index is -2.03. The van der Waals surface area contributed by atoms with E-state index in [1.165, 1.54) is 70.6 Å². The zero-order valence-electron chi connectivity index (χ0n) is 22.0. The van der Waals surface area contributed by atoms with Gasteiger partial charge in [0.25, 0.3) is 0 Å². The topological polar surface area (TPSA) is 185 Å². The summed E-state index contributed by atoms with van der Waals surface area (Å²) in [6.45, 7) is 1.05. The van der Waals surface area contributed by atoms with Crippen LogP contribution in [0.3, 0.4) is 0 Å². The second kappa shape index (κ2) is 26.9. The minimum Gasteiger partial charge on any atom is -0.433 e. The van der Waals surface area contributed by atoms with Gasteiger partial charge in [0.1, 0.15) is 30.7 Å². The van der Waals surface area contributed by atoms with Gasteiger partial charge in [-0.1, -0.05) is 96.8 Å². The standard InChI is InChI=1S/C24H48O8.C2H4O2/c1-2-3-4-5-6-7-8-9-10-11-12-13-14-15-16-17-20(27)32-24(31)23(30)22(29)21(28)19(26)18-25;3-1-2-4/h19,21-26,28-31H,2-18H2,1H3;1,4H,2H2/t19-,21-,22+,23-,24?;/m1./s1. The highest BCUT2D eigenvalue weighted by Gasteiger charge is 2.35. The van der Waals surface area contributed by atoms with Crippen molar-refractivity contribution in [1.29, 1.82) is 0 Å². The molecular weight excluding hydrogens is 472 g/mol. The minimum absolute atomic E-state index is 0.0833. The Balaban J connectivity index is 0. The fraction of sp³-hybridized carbons (Fsp3) is 0.923. The molecular formula is C26H52O10. The molecule has 10 nitrogen and oxygen atoms in total. The number of rotatable bonds is 23. The van der Waals surface area contributed by atoms with Gasteiger partial charge in [-0.2, -0.15) is 0 Å². The number of carbonyl (C=O) groups is 2. The Bertz CT molecular complexity index is 491. The van der Waals surface area contributed by atoms with Crippen LogP contribution < -0.4 is 0 Å². The van der Waals surface area contributed by atoms with Crippen molar-refractivity contribution in [2.75, 3.05) is 13.2 Å². The van der Waals surface area contributed by atoms with Crippen molar-refractivity contribution < 1.29 is 50.1 Å². The van der Waals surface area contributed by atoms with Crippen LogP contribution in [0.2, 0.25) is 0 Å². The van der Waals surface area contributed by atoms with E-state index in [4.69, 9.17) is 15.0 Å². The maximum absolute atomic E-state index is 11.7. The highest BCUT2D eigenvalue weighted by molar-refractivity contribution is 5.69. The molecule has 0 aliphatic rings. The van der Waals surface area contributed by atoms with Crippen LogP contribution in [0, 0.1) is 0 Å². The number of carbonyl (C=O) groups excluding carboxylic acids is 2. The first-order valence-corrected chi connectivity index (χ1v) is 13.5. The number of unbranched alkanes of at least 4 members (excludes halogenated alkanes) is 14. The van der Waals surface area contributed by atoms with Gasteiger partial charge in [-0.25, -0.2) is 0 Å². The van der Waals surface area contributed by atoms with Gasteiger partial charge in [-0.05, 0) is 6.42 Å². The van der Waals surface area contributed by atoms with Gasteiger partial charge in [0, 0.05) is 6.42 Å². The quantitative estimate of drug-likeness (QED) is 0.0449. The summed E-state index contributed by atoms with van der Waals surface area (Å²) in [5.41, 5.74) is 0. The molecule has 0 spiro atoms. The molecule has 0 aliphatic carbocycles. The predicted octanol–water partition coefficient (Wildman–Crippen LogP) is 1.72. The second-order valence-electron chi connectivity index (χ2n) is 9.15. The van der Waals surface area contributed by atoms with Crippen molar-refractivity contribution in [3.8, 4) is 0 Å². The highest BCUT2D eigenvalue weighted by atomic mass is 16.6. The monoisotopic (exact) mass is 524 g/mol. The van der Waals surface area contributed by atoms with Crippen LogP contribution in [0.5, 0.6) is 0 Å². The normalized spacial score (nSPS) is 15.2. The Morgan fingerprint density at radius 1 is 0.667 bits per heavy atom. The Hall–Kier alpha value is -1.14. The van der Waals surface area contributed by atoms with Gasteiger partial charge >= 0.3 is 5.97 Å². The molecule has 1 unspecified atom stereocenters. The molecule has 0 radical (unpaired) electrons. The Morgan fingerprint density at radius 2 is 1.06 bits per heavy atom. The molecule has 10 heteroatoms. The summed E-state index contributed by atoms with van der Waals surface area (Å²) in [6.07, 6.45) is 9.08. The van der Waals surface area contributed by atoms with Crippen molar-refractivity contribution in [1.82, 2.24) is 0 Å². The van der Waals surface area contributed by atoms with Crippen molar-refractivity contribution in [3.05, 3.63) is 0 Å². The summed E-state index contributed by atoms with van der Waals surface area (Å²) in [5.74, 6) is -0.712. The molecule has 0 amide bonds. The van der Waals surface area contributed by atoms with Crippen molar-refractivity contribution >= 4 is 12.3 Å². The second-order valence-corrected chi connectivity index (χ2v) is 9.15. The molecule has 0 rings (SSSR count). The first kappa shape index (κ1) is 37.0. The third-order valence-corrected chi connectivity index (χ3v) is 5.88. The van der Waals surface area contributed by atoms with Gasteiger partial charge in [0.05, 0.1) is 13.2 Å². The molecule has 0 heterocycles. The zero-order chi connectivity index (χ0) is 27.6. The lowest BCUT2D eigenvalue weighted by atomic mass is 10.0. The molecule has 0 aliphatic heterocycles. The number of aliphatic hydroxyl groups excluding tert-OH is 7. The maximum atomic E-state index is 11.7. The van der Waals surface area contributed by atoms with Gasteiger partial charge < -0.3 is 45.3 Å². The molecule has 0 saturated heterocycles. The lowest BCUT2D eigenvalue weighted by molar-refractivity contribution is -0.213. The van der Waals surface area contributed by atoms with Crippen molar-refractivity contribution in [3.63, 3.8) is 0 Å².